The van der Waals surface area contributed by atoms with Gasteiger partial charge in [0.1, 0.15) is 5.52 Å². The Morgan fingerprint density at radius 3 is 2.76 bits per heavy atom. The Bertz CT molecular complexity index is 975. The van der Waals surface area contributed by atoms with Crippen molar-refractivity contribution in [1.29, 1.82) is 0 Å². The SMILES string of the molecule is O=C(Nc1ccccc1-c1nc2cc([N+](=O)[O-])ccc2o1)C1CCC1. The van der Waals surface area contributed by atoms with Crippen molar-refractivity contribution in [2.24, 2.45) is 5.92 Å². The molecule has 0 spiro atoms. The first-order valence-corrected chi connectivity index (χ1v) is 8.07. The fourth-order valence-corrected chi connectivity index (χ4v) is 2.83. The molecule has 1 N–H and O–H groups in total. The van der Waals surface area contributed by atoms with E-state index in [1.807, 2.05) is 12.1 Å². The fraction of sp³-hybridized carbons (Fsp3) is 0.222. The van der Waals surface area contributed by atoms with Gasteiger partial charge in [-0.1, -0.05) is 18.6 Å². The van der Waals surface area contributed by atoms with Crippen LogP contribution in [0.2, 0.25) is 0 Å². The van der Waals surface area contributed by atoms with E-state index >= 15 is 0 Å². The van der Waals surface area contributed by atoms with Gasteiger partial charge in [0.05, 0.1) is 16.2 Å². The highest BCUT2D eigenvalue weighted by Gasteiger charge is 2.26. The molecule has 3 aromatic rings. The van der Waals surface area contributed by atoms with Crippen LogP contribution >= 0.6 is 0 Å². The quantitative estimate of drug-likeness (QED) is 0.570. The topological polar surface area (TPSA) is 98.3 Å². The van der Waals surface area contributed by atoms with Crippen LogP contribution in [0.4, 0.5) is 11.4 Å². The molecule has 7 heteroatoms. The highest BCUT2D eigenvalue weighted by Crippen LogP contribution is 2.33. The maximum absolute atomic E-state index is 12.2. The molecule has 1 aromatic heterocycles. The summed E-state index contributed by atoms with van der Waals surface area (Å²) in [5.74, 6) is 0.393. The number of nitro groups is 1. The molecule has 0 unspecified atom stereocenters. The number of amides is 1. The van der Waals surface area contributed by atoms with Crippen molar-refractivity contribution in [2.75, 3.05) is 5.32 Å². The standard InChI is InChI=1S/C18H15N3O4/c22-17(11-4-3-5-11)19-14-7-2-1-6-13(14)18-20-15-10-12(21(23)24)8-9-16(15)25-18/h1-2,6-11H,3-5H2,(H,19,22). The van der Waals surface area contributed by atoms with Gasteiger partial charge in [-0.15, -0.1) is 0 Å². The Labute approximate surface area is 142 Å². The number of hydrogen-bond donors (Lipinski definition) is 1. The predicted octanol–water partition coefficient (Wildman–Crippen LogP) is 4.14. The molecule has 1 aliphatic rings. The van der Waals surface area contributed by atoms with E-state index < -0.39 is 4.92 Å². The fourth-order valence-electron chi connectivity index (χ4n) is 2.83. The molecule has 0 atom stereocenters. The van der Waals surface area contributed by atoms with Crippen molar-refractivity contribution in [2.45, 2.75) is 19.3 Å². The number of carbonyl (C=O) groups excluding carboxylic acids is 1. The summed E-state index contributed by atoms with van der Waals surface area (Å²) in [6.07, 6.45) is 2.92. The number of non-ortho nitro benzene ring substituents is 1. The highest BCUT2D eigenvalue weighted by atomic mass is 16.6. The van der Waals surface area contributed by atoms with Gasteiger partial charge >= 0.3 is 0 Å². The number of para-hydroxylation sites is 1. The summed E-state index contributed by atoms with van der Waals surface area (Å²) in [6, 6.07) is 11.5. The van der Waals surface area contributed by atoms with Crippen LogP contribution in [-0.2, 0) is 4.79 Å². The van der Waals surface area contributed by atoms with E-state index in [1.165, 1.54) is 18.2 Å². The van der Waals surface area contributed by atoms with Gasteiger partial charge in [0, 0.05) is 18.1 Å². The molecule has 1 fully saturated rings. The van der Waals surface area contributed by atoms with Gasteiger partial charge in [-0.3, -0.25) is 14.9 Å². The average Bonchev–Trinajstić information content (AvgIpc) is 2.96. The van der Waals surface area contributed by atoms with E-state index in [0.717, 1.165) is 19.3 Å². The van der Waals surface area contributed by atoms with Crippen molar-refractivity contribution >= 4 is 28.4 Å². The summed E-state index contributed by atoms with van der Waals surface area (Å²) in [5, 5.41) is 13.8. The number of nitrogens with zero attached hydrogens (tertiary/aromatic N) is 2. The van der Waals surface area contributed by atoms with Crippen LogP contribution in [-0.4, -0.2) is 15.8 Å². The molecule has 4 rings (SSSR count). The Hall–Kier alpha value is -3.22. The van der Waals surface area contributed by atoms with Crippen molar-refractivity contribution in [1.82, 2.24) is 4.98 Å². The van der Waals surface area contributed by atoms with Crippen LogP contribution in [0, 0.1) is 16.0 Å². The number of fused-ring (bicyclic) bond motifs is 1. The zero-order chi connectivity index (χ0) is 17.4. The summed E-state index contributed by atoms with van der Waals surface area (Å²) in [5.41, 5.74) is 2.10. The monoisotopic (exact) mass is 337 g/mol. The summed E-state index contributed by atoms with van der Waals surface area (Å²) in [6.45, 7) is 0. The van der Waals surface area contributed by atoms with E-state index in [1.54, 1.807) is 12.1 Å². The van der Waals surface area contributed by atoms with Gasteiger partial charge < -0.3 is 9.73 Å². The minimum atomic E-state index is -0.472. The first kappa shape index (κ1) is 15.3. The summed E-state index contributed by atoms with van der Waals surface area (Å²) < 4.78 is 5.73. The van der Waals surface area contributed by atoms with Crippen molar-refractivity contribution in [3.8, 4) is 11.5 Å². The van der Waals surface area contributed by atoms with Gasteiger partial charge in [0.25, 0.3) is 5.69 Å². The molecule has 7 nitrogen and oxygen atoms in total. The van der Waals surface area contributed by atoms with Crippen LogP contribution in [0.1, 0.15) is 19.3 Å². The molecule has 0 bridgehead atoms. The molecular weight excluding hydrogens is 322 g/mol. The second kappa shape index (κ2) is 6.01. The molecule has 2 aromatic carbocycles. The van der Waals surface area contributed by atoms with E-state index in [9.17, 15) is 14.9 Å². The lowest BCUT2D eigenvalue weighted by Gasteiger charge is -2.24. The molecule has 25 heavy (non-hydrogen) atoms. The third-order valence-corrected chi connectivity index (χ3v) is 4.47. The lowest BCUT2D eigenvalue weighted by Crippen LogP contribution is -2.28. The maximum Gasteiger partial charge on any atom is 0.271 e. The minimum Gasteiger partial charge on any atom is -0.436 e. The highest BCUT2D eigenvalue weighted by molar-refractivity contribution is 5.96. The second-order valence-corrected chi connectivity index (χ2v) is 6.09. The van der Waals surface area contributed by atoms with Gasteiger partial charge in [-0.05, 0) is 31.0 Å². The molecule has 0 aliphatic heterocycles. The Morgan fingerprint density at radius 1 is 1.24 bits per heavy atom. The zero-order valence-corrected chi connectivity index (χ0v) is 13.3. The van der Waals surface area contributed by atoms with E-state index in [-0.39, 0.29) is 17.5 Å². The van der Waals surface area contributed by atoms with Gasteiger partial charge in [0.2, 0.25) is 11.8 Å². The lowest BCUT2D eigenvalue weighted by atomic mass is 9.85. The molecule has 0 saturated heterocycles. The van der Waals surface area contributed by atoms with Crippen LogP contribution in [0.15, 0.2) is 46.9 Å². The summed E-state index contributed by atoms with van der Waals surface area (Å²) >= 11 is 0. The Balaban J connectivity index is 1.70. The molecule has 1 heterocycles. The molecule has 0 radical (unpaired) electrons. The predicted molar refractivity (Wildman–Crippen MR) is 92.1 cm³/mol. The number of carbonyl (C=O) groups is 1. The summed E-state index contributed by atoms with van der Waals surface area (Å²) in [4.78, 5) is 27.0. The minimum absolute atomic E-state index is 0.00505. The van der Waals surface area contributed by atoms with Gasteiger partial charge in [-0.2, -0.15) is 0 Å². The number of anilines is 1. The summed E-state index contributed by atoms with van der Waals surface area (Å²) in [7, 11) is 0. The van der Waals surface area contributed by atoms with Crippen molar-refractivity contribution in [3.63, 3.8) is 0 Å². The Kier molecular flexibility index (Phi) is 3.68. The van der Waals surface area contributed by atoms with Crippen LogP contribution < -0.4 is 5.32 Å². The molecule has 1 saturated carbocycles. The second-order valence-electron chi connectivity index (χ2n) is 6.09. The van der Waals surface area contributed by atoms with Crippen molar-refractivity contribution < 1.29 is 14.1 Å². The smallest absolute Gasteiger partial charge is 0.271 e. The first-order chi connectivity index (χ1) is 12.1. The Morgan fingerprint density at radius 2 is 2.04 bits per heavy atom. The first-order valence-electron chi connectivity index (χ1n) is 8.07. The van der Waals surface area contributed by atoms with Crippen LogP contribution in [0.5, 0.6) is 0 Å². The molecule has 1 aliphatic carbocycles. The normalized spacial score (nSPS) is 14.2. The molecular formula is C18H15N3O4. The average molecular weight is 337 g/mol. The largest absolute Gasteiger partial charge is 0.436 e. The number of nitrogens with one attached hydrogen (secondary N) is 1. The number of hydrogen-bond acceptors (Lipinski definition) is 5. The maximum atomic E-state index is 12.2. The van der Waals surface area contributed by atoms with E-state index in [0.29, 0.717) is 28.2 Å². The van der Waals surface area contributed by atoms with Crippen LogP contribution in [0.25, 0.3) is 22.6 Å². The van der Waals surface area contributed by atoms with Crippen LogP contribution in [0.3, 0.4) is 0 Å². The number of nitro benzene ring substituents is 1. The molecule has 126 valence electrons. The van der Waals surface area contributed by atoms with Gasteiger partial charge in [0.15, 0.2) is 5.58 Å². The number of rotatable bonds is 4. The number of benzene rings is 2. The van der Waals surface area contributed by atoms with E-state index in [2.05, 4.69) is 10.3 Å². The zero-order valence-electron chi connectivity index (χ0n) is 13.3. The van der Waals surface area contributed by atoms with E-state index in [4.69, 9.17) is 4.42 Å². The lowest BCUT2D eigenvalue weighted by molar-refractivity contribution is -0.384. The molecule has 1 amide bonds. The van der Waals surface area contributed by atoms with Gasteiger partial charge in [-0.25, -0.2) is 4.98 Å². The number of aromatic nitrogens is 1. The third-order valence-electron chi connectivity index (χ3n) is 4.47. The number of oxazole rings is 1. The van der Waals surface area contributed by atoms with Crippen molar-refractivity contribution in [3.05, 3.63) is 52.6 Å². The third kappa shape index (κ3) is 2.84.